The average Bonchev–Trinajstić information content (AvgIpc) is 2.88. The molecule has 0 heterocycles. The van der Waals surface area contributed by atoms with Gasteiger partial charge in [-0.1, -0.05) is 30.3 Å². The fourth-order valence-electron chi connectivity index (χ4n) is 3.82. The first-order chi connectivity index (χ1) is 18.4. The van der Waals surface area contributed by atoms with Gasteiger partial charge in [0.15, 0.2) is 16.4 Å². The Bertz CT molecular complexity index is 1510. The number of hydrogen-bond acceptors (Lipinski definition) is 9. The number of nitrogen functional groups attached to an aromatic ring is 1. The van der Waals surface area contributed by atoms with E-state index in [4.69, 9.17) is 20.6 Å². The van der Waals surface area contributed by atoms with Crippen LogP contribution in [-0.4, -0.2) is 60.1 Å². The lowest BCUT2D eigenvalue weighted by Gasteiger charge is -2.28. The topological polar surface area (TPSA) is 183 Å². The summed E-state index contributed by atoms with van der Waals surface area (Å²) in [6.45, 7) is 1.25. The van der Waals surface area contributed by atoms with Gasteiger partial charge in [0.25, 0.3) is 0 Å². The first kappa shape index (κ1) is 29.6. The highest BCUT2D eigenvalue weighted by molar-refractivity contribution is 7.90. The molecule has 0 aliphatic rings. The van der Waals surface area contributed by atoms with Gasteiger partial charge < -0.3 is 24.9 Å². The van der Waals surface area contributed by atoms with Gasteiger partial charge in [0.05, 0.1) is 17.2 Å². The van der Waals surface area contributed by atoms with Gasteiger partial charge in [-0.15, -0.1) is 0 Å². The summed E-state index contributed by atoms with van der Waals surface area (Å²) in [4.78, 5) is 12.1. The number of nitrogens with zero attached hydrogens (tertiary/aromatic N) is 1. The number of nitrogens with two attached hydrogens (primary N) is 1. The van der Waals surface area contributed by atoms with Gasteiger partial charge in [0.2, 0.25) is 0 Å². The van der Waals surface area contributed by atoms with E-state index in [0.717, 1.165) is 10.6 Å². The van der Waals surface area contributed by atoms with Gasteiger partial charge >= 0.3 is 5.97 Å². The van der Waals surface area contributed by atoms with Crippen LogP contribution in [0.1, 0.15) is 18.1 Å². The normalized spacial score (nSPS) is 12.0. The molecule has 0 aliphatic carbocycles. The molecule has 0 amide bonds. The lowest BCUT2D eigenvalue weighted by molar-refractivity contribution is -0.145. The smallest absolute Gasteiger partial charge is 0.344 e. The molecule has 39 heavy (non-hydrogen) atoms. The third-order valence-electron chi connectivity index (χ3n) is 5.63. The van der Waals surface area contributed by atoms with Crippen molar-refractivity contribution in [2.75, 3.05) is 30.3 Å². The van der Waals surface area contributed by atoms with Crippen molar-refractivity contribution in [3.63, 3.8) is 0 Å². The van der Waals surface area contributed by atoms with Crippen LogP contribution in [0.5, 0.6) is 11.5 Å². The number of phenolic OH excluding ortho intramolecular Hbond substituents is 1. The van der Waals surface area contributed by atoms with Gasteiger partial charge in [-0.2, -0.15) is 0 Å². The molecule has 0 bridgehead atoms. The van der Waals surface area contributed by atoms with E-state index in [-0.39, 0.29) is 53.1 Å². The number of anilines is 1. The van der Waals surface area contributed by atoms with Crippen LogP contribution in [0.4, 0.5) is 5.69 Å². The molecule has 0 radical (unpaired) electrons. The number of nitrogens with one attached hydrogen (secondary N) is 1. The molecular formula is C26H28N3O8S2-. The third kappa shape index (κ3) is 7.56. The molecule has 3 rings (SSSR count). The van der Waals surface area contributed by atoms with Crippen molar-refractivity contribution >= 4 is 38.6 Å². The van der Waals surface area contributed by atoms with Crippen molar-refractivity contribution in [1.29, 1.82) is 5.41 Å². The Morgan fingerprint density at radius 2 is 1.87 bits per heavy atom. The number of carbonyl (C=O) groups is 1. The summed E-state index contributed by atoms with van der Waals surface area (Å²) in [5, 5.41) is 17.9. The highest BCUT2D eigenvalue weighted by atomic mass is 32.2. The summed E-state index contributed by atoms with van der Waals surface area (Å²) < 4.78 is 60.4. The Labute approximate surface area is 229 Å². The van der Waals surface area contributed by atoms with Crippen molar-refractivity contribution in [2.24, 2.45) is 5.73 Å². The largest absolute Gasteiger partial charge is 0.755 e. The highest BCUT2D eigenvalue weighted by Gasteiger charge is 2.19. The van der Waals surface area contributed by atoms with Crippen LogP contribution in [0, 0.1) is 5.41 Å². The quantitative estimate of drug-likeness (QED) is 0.127. The Morgan fingerprint density at radius 1 is 1.15 bits per heavy atom. The monoisotopic (exact) mass is 574 g/mol. The summed E-state index contributed by atoms with van der Waals surface area (Å²) >= 11 is -2.80. The van der Waals surface area contributed by atoms with Crippen LogP contribution >= 0.6 is 0 Å². The maximum Gasteiger partial charge on any atom is 0.344 e. The predicted molar refractivity (Wildman–Crippen MR) is 146 cm³/mol. The molecule has 13 heteroatoms. The van der Waals surface area contributed by atoms with Gasteiger partial charge in [0.1, 0.15) is 17.3 Å². The molecule has 4 N–H and O–H groups in total. The second kappa shape index (κ2) is 12.7. The molecular weight excluding hydrogens is 546 g/mol. The molecule has 1 unspecified atom stereocenters. The van der Waals surface area contributed by atoms with E-state index in [1.807, 2.05) is 0 Å². The lowest BCUT2D eigenvalue weighted by Crippen LogP contribution is -2.28. The van der Waals surface area contributed by atoms with Gasteiger partial charge in [-0.25, -0.2) is 13.2 Å². The van der Waals surface area contributed by atoms with E-state index in [1.54, 1.807) is 43.3 Å². The first-order valence-electron chi connectivity index (χ1n) is 11.7. The van der Waals surface area contributed by atoms with Gasteiger partial charge in [0, 0.05) is 35.2 Å². The Morgan fingerprint density at radius 3 is 2.51 bits per heavy atom. The molecule has 1 atom stereocenters. The minimum Gasteiger partial charge on any atom is -0.755 e. The van der Waals surface area contributed by atoms with Crippen LogP contribution < -0.4 is 14.8 Å². The third-order valence-corrected chi connectivity index (χ3v) is 7.53. The minimum absolute atomic E-state index is 0.0660. The number of aromatic hydroxyl groups is 1. The fourth-order valence-corrected chi connectivity index (χ4v) is 5.28. The molecule has 11 nitrogen and oxygen atoms in total. The van der Waals surface area contributed by atoms with Crippen LogP contribution in [0.3, 0.4) is 0 Å². The standard InChI is InChI=1S/C26H29N3O8S2/c1-3-36-25(31)16-37-23-15-18(20-6-4-5-7-24(20)39(2,34)35)9-8-17(23)12-13-29(38(32)33)21-14-19(26(27)28)10-11-22(21)30/h4-11,14-15,30H,3,12-13,16H2,1-2H3,(H3,27,28)(H,32,33)/p-1. The number of phenols is 1. The van der Waals surface area contributed by atoms with Crippen LogP contribution in [-0.2, 0) is 37.1 Å². The van der Waals surface area contributed by atoms with E-state index in [0.29, 0.717) is 16.7 Å². The molecule has 208 valence electrons. The lowest BCUT2D eigenvalue weighted by atomic mass is 10.0. The van der Waals surface area contributed by atoms with Crippen LogP contribution in [0.25, 0.3) is 11.1 Å². The zero-order valence-electron chi connectivity index (χ0n) is 21.2. The zero-order chi connectivity index (χ0) is 28.7. The summed E-state index contributed by atoms with van der Waals surface area (Å²) in [5.41, 5.74) is 7.12. The number of carbonyl (C=O) groups excluding carboxylic acids is 1. The van der Waals surface area contributed by atoms with E-state index >= 15 is 0 Å². The Balaban J connectivity index is 1.99. The second-order valence-electron chi connectivity index (χ2n) is 8.37. The van der Waals surface area contributed by atoms with Crippen molar-refractivity contribution in [2.45, 2.75) is 18.2 Å². The first-order valence-corrected chi connectivity index (χ1v) is 14.6. The minimum atomic E-state index is -3.55. The molecule has 3 aromatic carbocycles. The van der Waals surface area contributed by atoms with Crippen molar-refractivity contribution in [3.8, 4) is 22.6 Å². The van der Waals surface area contributed by atoms with Crippen LogP contribution in [0.2, 0.25) is 0 Å². The average molecular weight is 575 g/mol. The molecule has 0 fully saturated rings. The van der Waals surface area contributed by atoms with Crippen LogP contribution in [0.15, 0.2) is 65.6 Å². The van der Waals surface area contributed by atoms with Crippen molar-refractivity contribution < 1.29 is 36.6 Å². The number of ether oxygens (including phenoxy) is 2. The Kier molecular flexibility index (Phi) is 9.67. The summed E-state index contributed by atoms with van der Waals surface area (Å²) in [5.74, 6) is -1.01. The number of hydrogen-bond donors (Lipinski definition) is 3. The molecule has 0 aliphatic heterocycles. The Hall–Kier alpha value is -3.94. The molecule has 0 saturated carbocycles. The highest BCUT2D eigenvalue weighted by Crippen LogP contribution is 2.33. The van der Waals surface area contributed by atoms with E-state index in [2.05, 4.69) is 0 Å². The van der Waals surface area contributed by atoms with E-state index in [9.17, 15) is 27.1 Å². The zero-order valence-corrected chi connectivity index (χ0v) is 22.9. The number of esters is 1. The van der Waals surface area contributed by atoms with Crippen molar-refractivity contribution in [1.82, 2.24) is 0 Å². The summed E-state index contributed by atoms with van der Waals surface area (Å²) in [7, 11) is -3.55. The number of sulfone groups is 1. The predicted octanol–water partition coefficient (Wildman–Crippen LogP) is 2.53. The molecule has 0 spiro atoms. The number of benzene rings is 3. The van der Waals surface area contributed by atoms with Gasteiger partial charge in [-0.3, -0.25) is 13.9 Å². The summed E-state index contributed by atoms with van der Waals surface area (Å²) in [6, 6.07) is 15.3. The molecule has 3 aromatic rings. The molecule has 0 saturated heterocycles. The maximum absolute atomic E-state index is 12.3. The van der Waals surface area contributed by atoms with Crippen molar-refractivity contribution in [3.05, 3.63) is 71.8 Å². The second-order valence-corrected chi connectivity index (χ2v) is 11.2. The molecule has 0 aromatic heterocycles. The SMILES string of the molecule is CCOC(=O)COc1cc(-c2ccccc2S(C)(=O)=O)ccc1CCN(c1cc(C(=N)N)ccc1O)S(=O)[O-]. The number of rotatable bonds is 12. The van der Waals surface area contributed by atoms with E-state index in [1.165, 1.54) is 24.3 Å². The van der Waals surface area contributed by atoms with E-state index < -0.39 is 33.7 Å². The fraction of sp³-hybridized carbons (Fsp3) is 0.231. The summed E-state index contributed by atoms with van der Waals surface area (Å²) in [6.07, 6.45) is 1.19. The van der Waals surface area contributed by atoms with Gasteiger partial charge in [-0.05, 0) is 54.8 Å². The number of amidine groups is 1. The maximum atomic E-state index is 12.3.